The first-order valence-electron chi connectivity index (χ1n) is 9.98. The van der Waals surface area contributed by atoms with Gasteiger partial charge >= 0.3 is 6.03 Å². The maximum atomic E-state index is 11.8. The van der Waals surface area contributed by atoms with Crippen LogP contribution in [0.25, 0.3) is 0 Å². The number of carbonyl (C=O) groups is 1. The molecular formula is C21H35N3O4. The van der Waals surface area contributed by atoms with Crippen LogP contribution in [0.1, 0.15) is 27.2 Å². The number of ether oxygens (including phenoxy) is 2. The summed E-state index contributed by atoms with van der Waals surface area (Å²) in [6.07, 6.45) is 1.04. The van der Waals surface area contributed by atoms with Crippen molar-refractivity contribution in [2.45, 2.75) is 33.2 Å². The van der Waals surface area contributed by atoms with Gasteiger partial charge in [-0.1, -0.05) is 13.8 Å². The molecule has 158 valence electrons. The van der Waals surface area contributed by atoms with Gasteiger partial charge in [0.25, 0.3) is 0 Å². The number of rotatable bonds is 9. The average Bonchev–Trinajstić information content (AvgIpc) is 2.68. The maximum Gasteiger partial charge on any atom is 0.314 e. The predicted octanol–water partition coefficient (Wildman–Crippen LogP) is 2.24. The lowest BCUT2D eigenvalue weighted by atomic mass is 9.73. The second-order valence-corrected chi connectivity index (χ2v) is 8.08. The van der Waals surface area contributed by atoms with E-state index >= 15 is 0 Å². The summed E-state index contributed by atoms with van der Waals surface area (Å²) in [5.74, 6) is 1.19. The lowest BCUT2D eigenvalue weighted by molar-refractivity contribution is 0.146. The number of aliphatic hydroxyl groups excluding tert-OH is 1. The largest absolute Gasteiger partial charge is 0.491 e. The highest BCUT2D eigenvalue weighted by Crippen LogP contribution is 2.40. The van der Waals surface area contributed by atoms with Gasteiger partial charge in [0.2, 0.25) is 0 Å². The lowest BCUT2D eigenvalue weighted by Crippen LogP contribution is -2.54. The van der Waals surface area contributed by atoms with E-state index in [1.807, 2.05) is 12.1 Å². The van der Waals surface area contributed by atoms with E-state index < -0.39 is 0 Å². The molecule has 1 aliphatic heterocycles. The van der Waals surface area contributed by atoms with Gasteiger partial charge in [-0.3, -0.25) is 0 Å². The number of amides is 2. The van der Waals surface area contributed by atoms with Crippen LogP contribution in [0.3, 0.4) is 0 Å². The van der Waals surface area contributed by atoms with E-state index in [-0.39, 0.29) is 24.6 Å². The molecule has 1 aromatic carbocycles. The smallest absolute Gasteiger partial charge is 0.314 e. The highest BCUT2D eigenvalue weighted by atomic mass is 16.5. The first-order valence-corrected chi connectivity index (χ1v) is 9.98. The van der Waals surface area contributed by atoms with Gasteiger partial charge in [-0.05, 0) is 48.9 Å². The quantitative estimate of drug-likeness (QED) is 0.561. The molecular weight excluding hydrogens is 358 g/mol. The van der Waals surface area contributed by atoms with Crippen molar-refractivity contribution >= 4 is 11.7 Å². The van der Waals surface area contributed by atoms with Gasteiger partial charge in [-0.15, -0.1) is 0 Å². The van der Waals surface area contributed by atoms with Gasteiger partial charge in [0, 0.05) is 38.5 Å². The third-order valence-corrected chi connectivity index (χ3v) is 5.54. The molecule has 0 spiro atoms. The number of anilines is 1. The number of carbonyl (C=O) groups excluding carboxylic acids is 1. The lowest BCUT2D eigenvalue weighted by Gasteiger charge is -2.49. The predicted molar refractivity (Wildman–Crippen MR) is 111 cm³/mol. The Morgan fingerprint density at radius 1 is 1.25 bits per heavy atom. The second-order valence-electron chi connectivity index (χ2n) is 8.08. The minimum absolute atomic E-state index is 0.0552. The molecule has 0 saturated carbocycles. The van der Waals surface area contributed by atoms with Crippen LogP contribution in [-0.4, -0.2) is 63.7 Å². The molecule has 0 radical (unpaired) electrons. The molecule has 1 fully saturated rings. The van der Waals surface area contributed by atoms with Crippen LogP contribution in [0.15, 0.2) is 24.3 Å². The zero-order chi connectivity index (χ0) is 20.6. The number of methoxy groups -OCH3 is 1. The Kier molecular flexibility index (Phi) is 8.38. The van der Waals surface area contributed by atoms with Crippen LogP contribution < -0.4 is 20.3 Å². The summed E-state index contributed by atoms with van der Waals surface area (Å²) in [4.78, 5) is 14.2. The van der Waals surface area contributed by atoms with Gasteiger partial charge in [0.15, 0.2) is 0 Å². The van der Waals surface area contributed by atoms with Gasteiger partial charge in [-0.2, -0.15) is 0 Å². The Bertz CT molecular complexity index is 606. The molecule has 2 rings (SSSR count). The summed E-state index contributed by atoms with van der Waals surface area (Å²) in [6.45, 7) is 9.65. The molecule has 1 aliphatic rings. The number of benzene rings is 1. The van der Waals surface area contributed by atoms with Crippen LogP contribution in [-0.2, 0) is 4.74 Å². The molecule has 7 heteroatoms. The van der Waals surface area contributed by atoms with Crippen LogP contribution in [0.4, 0.5) is 10.5 Å². The van der Waals surface area contributed by atoms with Crippen LogP contribution >= 0.6 is 0 Å². The van der Waals surface area contributed by atoms with Crippen molar-refractivity contribution in [2.24, 2.45) is 11.3 Å². The Labute approximate surface area is 168 Å². The monoisotopic (exact) mass is 393 g/mol. The topological polar surface area (TPSA) is 83.1 Å². The molecule has 0 aliphatic carbocycles. The fraction of sp³-hybridized carbons (Fsp3) is 0.667. The van der Waals surface area contributed by atoms with Crippen molar-refractivity contribution in [1.82, 2.24) is 10.6 Å². The second kappa shape index (κ2) is 10.5. The van der Waals surface area contributed by atoms with E-state index in [4.69, 9.17) is 14.6 Å². The molecule has 2 unspecified atom stereocenters. The number of nitrogens with one attached hydrogen (secondary N) is 2. The SMILES string of the molecule is COCCOc1ccc(N2CC(CNC(=O)NCCO)CC(C)(C)C2C)cc1. The zero-order valence-corrected chi connectivity index (χ0v) is 17.5. The van der Waals surface area contributed by atoms with Crippen molar-refractivity contribution < 1.29 is 19.4 Å². The van der Waals surface area contributed by atoms with Crippen LogP contribution in [0.2, 0.25) is 0 Å². The van der Waals surface area contributed by atoms with Crippen molar-refractivity contribution in [1.29, 1.82) is 0 Å². The maximum absolute atomic E-state index is 11.8. The Hall–Kier alpha value is -1.99. The molecule has 0 bridgehead atoms. The van der Waals surface area contributed by atoms with Crippen molar-refractivity contribution in [3.63, 3.8) is 0 Å². The van der Waals surface area contributed by atoms with E-state index in [0.29, 0.717) is 31.7 Å². The molecule has 1 saturated heterocycles. The zero-order valence-electron chi connectivity index (χ0n) is 17.5. The molecule has 1 aromatic rings. The molecule has 3 N–H and O–H groups in total. The van der Waals surface area contributed by atoms with E-state index in [2.05, 4.69) is 48.4 Å². The number of aliphatic hydroxyl groups is 1. The van der Waals surface area contributed by atoms with E-state index in [1.165, 1.54) is 0 Å². The minimum atomic E-state index is -0.227. The van der Waals surface area contributed by atoms with E-state index in [1.54, 1.807) is 7.11 Å². The summed E-state index contributed by atoms with van der Waals surface area (Å²) in [7, 11) is 1.66. The van der Waals surface area contributed by atoms with Gasteiger partial charge < -0.3 is 30.1 Å². The van der Waals surface area contributed by atoms with Crippen molar-refractivity contribution in [2.75, 3.05) is 51.5 Å². The Balaban J connectivity index is 2.00. The summed E-state index contributed by atoms with van der Waals surface area (Å²) >= 11 is 0. The molecule has 0 aromatic heterocycles. The van der Waals surface area contributed by atoms with Crippen LogP contribution in [0, 0.1) is 11.3 Å². The fourth-order valence-electron chi connectivity index (χ4n) is 3.75. The summed E-state index contributed by atoms with van der Waals surface area (Å²) in [5.41, 5.74) is 1.29. The first kappa shape index (κ1) is 22.3. The number of nitrogens with zero attached hydrogens (tertiary/aromatic N) is 1. The summed E-state index contributed by atoms with van der Waals surface area (Å²) in [5, 5.41) is 14.4. The van der Waals surface area contributed by atoms with Gasteiger partial charge in [0.1, 0.15) is 12.4 Å². The Morgan fingerprint density at radius 3 is 2.61 bits per heavy atom. The highest BCUT2D eigenvalue weighted by molar-refractivity contribution is 5.73. The number of urea groups is 1. The van der Waals surface area contributed by atoms with Gasteiger partial charge in [0.05, 0.1) is 13.2 Å². The van der Waals surface area contributed by atoms with Crippen molar-refractivity contribution in [3.8, 4) is 5.75 Å². The van der Waals surface area contributed by atoms with E-state index in [0.717, 1.165) is 24.4 Å². The number of piperidine rings is 1. The fourth-order valence-corrected chi connectivity index (χ4v) is 3.75. The van der Waals surface area contributed by atoms with Gasteiger partial charge in [-0.25, -0.2) is 4.79 Å². The molecule has 2 atom stereocenters. The normalized spacial score (nSPS) is 21.2. The number of hydrogen-bond donors (Lipinski definition) is 3. The number of hydrogen-bond acceptors (Lipinski definition) is 5. The third-order valence-electron chi connectivity index (χ3n) is 5.54. The molecule has 1 heterocycles. The molecule has 7 nitrogen and oxygen atoms in total. The Morgan fingerprint density at radius 2 is 1.96 bits per heavy atom. The standard InChI is InChI=1S/C21H35N3O4/c1-16-21(2,3)13-17(14-23-20(26)22-9-10-25)15-24(16)18-5-7-19(8-6-18)28-12-11-27-4/h5-8,16-17,25H,9-15H2,1-4H3,(H2,22,23,26). The minimum Gasteiger partial charge on any atom is -0.491 e. The highest BCUT2D eigenvalue weighted by Gasteiger charge is 2.39. The average molecular weight is 394 g/mol. The third kappa shape index (κ3) is 6.27. The van der Waals surface area contributed by atoms with E-state index in [9.17, 15) is 4.79 Å². The molecule has 2 amide bonds. The summed E-state index contributed by atoms with van der Waals surface area (Å²) in [6, 6.07) is 8.34. The van der Waals surface area contributed by atoms with Crippen molar-refractivity contribution in [3.05, 3.63) is 24.3 Å². The first-order chi connectivity index (χ1) is 13.4. The summed E-state index contributed by atoms with van der Waals surface area (Å²) < 4.78 is 10.7. The molecule has 28 heavy (non-hydrogen) atoms. The van der Waals surface area contributed by atoms with Crippen LogP contribution in [0.5, 0.6) is 5.75 Å².